The number of carbonyl (C=O) groups is 1. The van der Waals surface area contributed by atoms with Crippen molar-refractivity contribution in [3.63, 3.8) is 0 Å². The quantitative estimate of drug-likeness (QED) is 0.221. The predicted molar refractivity (Wildman–Crippen MR) is 64.6 cm³/mol. The number of carbonyl (C=O) groups excluding carboxylic acids is 1. The zero-order chi connectivity index (χ0) is 12.8. The SMILES string of the molecule is C=CC(=O)OCCC[SiH2]OCC.O[SiH](O)O. The first-order valence-corrected chi connectivity index (χ1v) is 8.08. The molecule has 0 bridgehead atoms. The highest BCUT2D eigenvalue weighted by atomic mass is 28.3. The van der Waals surface area contributed by atoms with Crippen LogP contribution in [0.25, 0.3) is 0 Å². The predicted octanol–water partition coefficient (Wildman–Crippen LogP) is -1.68. The lowest BCUT2D eigenvalue weighted by molar-refractivity contribution is -0.137. The molecule has 0 aliphatic carbocycles. The van der Waals surface area contributed by atoms with Crippen molar-refractivity contribution in [1.82, 2.24) is 0 Å². The van der Waals surface area contributed by atoms with E-state index >= 15 is 0 Å². The van der Waals surface area contributed by atoms with Crippen LogP contribution >= 0.6 is 0 Å². The van der Waals surface area contributed by atoms with Crippen LogP contribution in [-0.2, 0) is 14.0 Å². The van der Waals surface area contributed by atoms with Crippen LogP contribution in [0, 0.1) is 0 Å². The van der Waals surface area contributed by atoms with Gasteiger partial charge < -0.3 is 23.5 Å². The summed E-state index contributed by atoms with van der Waals surface area (Å²) in [6.45, 7) is 6.58. The molecule has 8 heteroatoms. The van der Waals surface area contributed by atoms with E-state index in [9.17, 15) is 4.79 Å². The van der Waals surface area contributed by atoms with Gasteiger partial charge in [-0.3, -0.25) is 0 Å². The van der Waals surface area contributed by atoms with Gasteiger partial charge in [0.15, 0.2) is 9.76 Å². The molecule has 0 amide bonds. The Labute approximate surface area is 99.4 Å². The van der Waals surface area contributed by atoms with Crippen LogP contribution in [0.3, 0.4) is 0 Å². The zero-order valence-electron chi connectivity index (χ0n) is 9.46. The van der Waals surface area contributed by atoms with Crippen molar-refractivity contribution in [2.75, 3.05) is 13.2 Å². The smallest absolute Gasteiger partial charge is 0.463 e. The topological polar surface area (TPSA) is 96.2 Å². The molecule has 0 rings (SSSR count). The number of esters is 1. The van der Waals surface area contributed by atoms with Gasteiger partial charge in [0, 0.05) is 12.7 Å². The van der Waals surface area contributed by atoms with Crippen molar-refractivity contribution < 1.29 is 28.3 Å². The van der Waals surface area contributed by atoms with Gasteiger partial charge in [-0.15, -0.1) is 0 Å². The summed E-state index contributed by atoms with van der Waals surface area (Å²) in [7, 11) is -3.50. The standard InChI is InChI=1S/C8H16O3Si.H4O3Si/c1-3-8(9)10-6-5-7-12-11-4-2;1-4(2)3/h3H,1,4-7,12H2,2H3;1-4H. The third kappa shape index (κ3) is 23.4. The largest absolute Gasteiger partial charge is 0.475 e. The second kappa shape index (κ2) is 14.5. The molecular weight excluding hydrogens is 248 g/mol. The third-order valence-electron chi connectivity index (χ3n) is 1.30. The normalized spacial score (nSPS) is 10.1. The molecule has 0 heterocycles. The molecule has 6 nitrogen and oxygen atoms in total. The highest BCUT2D eigenvalue weighted by molar-refractivity contribution is 6.30. The Morgan fingerprint density at radius 2 is 2.06 bits per heavy atom. The first-order chi connectivity index (χ1) is 7.54. The highest BCUT2D eigenvalue weighted by Gasteiger charge is 1.94. The molecule has 16 heavy (non-hydrogen) atoms. The highest BCUT2D eigenvalue weighted by Crippen LogP contribution is 1.91. The zero-order valence-corrected chi connectivity index (χ0v) is 12.0. The van der Waals surface area contributed by atoms with Gasteiger partial charge in [0.1, 0.15) is 0 Å². The van der Waals surface area contributed by atoms with Gasteiger partial charge in [0.05, 0.1) is 6.61 Å². The molecule has 0 saturated heterocycles. The summed E-state index contributed by atoms with van der Waals surface area (Å²) in [6.07, 6.45) is 2.09. The number of ether oxygens (including phenoxy) is 1. The van der Waals surface area contributed by atoms with Crippen LogP contribution < -0.4 is 0 Å². The fourth-order valence-electron chi connectivity index (χ4n) is 0.682. The Kier molecular flexibility index (Phi) is 16.2. The summed E-state index contributed by atoms with van der Waals surface area (Å²) in [5.74, 6) is -0.340. The van der Waals surface area contributed by atoms with E-state index in [-0.39, 0.29) is 15.7 Å². The first-order valence-electron chi connectivity index (χ1n) is 4.95. The Bertz CT molecular complexity index is 173. The first kappa shape index (κ1) is 17.9. The Hall–Kier alpha value is -0.516. The number of hydrogen-bond donors (Lipinski definition) is 3. The van der Waals surface area contributed by atoms with Crippen molar-refractivity contribution in [1.29, 1.82) is 0 Å². The minimum atomic E-state index is -3.14. The second-order valence-electron chi connectivity index (χ2n) is 2.62. The summed E-state index contributed by atoms with van der Waals surface area (Å²) >= 11 is 0. The number of rotatable bonds is 7. The minimum absolute atomic E-state index is 0.340. The summed E-state index contributed by atoms with van der Waals surface area (Å²) < 4.78 is 10.0. The maximum Gasteiger partial charge on any atom is 0.475 e. The van der Waals surface area contributed by atoms with Crippen LogP contribution in [0.5, 0.6) is 0 Å². The van der Waals surface area contributed by atoms with Crippen molar-refractivity contribution >= 4 is 25.3 Å². The van der Waals surface area contributed by atoms with E-state index in [2.05, 4.69) is 6.58 Å². The Balaban J connectivity index is 0. The fraction of sp³-hybridized carbons (Fsp3) is 0.625. The number of hydrogen-bond acceptors (Lipinski definition) is 6. The van der Waals surface area contributed by atoms with Gasteiger partial charge in [-0.25, -0.2) is 4.79 Å². The molecule has 3 N–H and O–H groups in total. The third-order valence-corrected chi connectivity index (χ3v) is 2.78. The monoisotopic (exact) mass is 268 g/mol. The molecule has 0 radical (unpaired) electrons. The Morgan fingerprint density at radius 3 is 2.50 bits per heavy atom. The lowest BCUT2D eigenvalue weighted by Crippen LogP contribution is -2.07. The maximum absolute atomic E-state index is 10.5. The maximum atomic E-state index is 10.5. The molecule has 0 aliphatic heterocycles. The molecule has 0 fully saturated rings. The molecule has 96 valence electrons. The minimum Gasteiger partial charge on any atom is -0.463 e. The average Bonchev–Trinajstić information content (AvgIpc) is 2.22. The van der Waals surface area contributed by atoms with E-state index in [4.69, 9.17) is 23.5 Å². The van der Waals surface area contributed by atoms with E-state index in [0.29, 0.717) is 6.61 Å². The van der Waals surface area contributed by atoms with Gasteiger partial charge in [-0.05, 0) is 19.4 Å². The van der Waals surface area contributed by atoms with Crippen molar-refractivity contribution in [3.8, 4) is 0 Å². The van der Waals surface area contributed by atoms with Crippen molar-refractivity contribution in [3.05, 3.63) is 12.7 Å². The molecule has 0 saturated carbocycles. The molecule has 0 aliphatic rings. The van der Waals surface area contributed by atoms with Gasteiger partial charge >= 0.3 is 15.5 Å². The van der Waals surface area contributed by atoms with E-state index < -0.39 is 9.53 Å². The second-order valence-corrected chi connectivity index (χ2v) is 4.84. The van der Waals surface area contributed by atoms with Crippen LogP contribution in [0.15, 0.2) is 12.7 Å². The van der Waals surface area contributed by atoms with E-state index in [1.54, 1.807) is 0 Å². The van der Waals surface area contributed by atoms with Crippen LogP contribution in [0.1, 0.15) is 13.3 Å². The fourth-order valence-corrected chi connectivity index (χ4v) is 1.58. The van der Waals surface area contributed by atoms with E-state index in [1.807, 2.05) is 6.92 Å². The molecule has 0 spiro atoms. The molecule has 0 unspecified atom stereocenters. The summed E-state index contributed by atoms with van der Waals surface area (Å²) in [4.78, 5) is 32.5. The average molecular weight is 268 g/mol. The molecule has 0 aromatic rings. The molecular formula is C8H20O6Si2. The van der Waals surface area contributed by atoms with Crippen molar-refractivity contribution in [2.24, 2.45) is 0 Å². The van der Waals surface area contributed by atoms with E-state index in [1.165, 1.54) is 6.08 Å². The van der Waals surface area contributed by atoms with Gasteiger partial charge in [0.25, 0.3) is 0 Å². The van der Waals surface area contributed by atoms with E-state index in [0.717, 1.165) is 19.1 Å². The lowest BCUT2D eigenvalue weighted by Gasteiger charge is -2.01. The summed E-state index contributed by atoms with van der Waals surface area (Å²) in [5, 5.41) is 0. The van der Waals surface area contributed by atoms with Crippen molar-refractivity contribution in [2.45, 2.75) is 19.4 Å². The molecule has 0 atom stereocenters. The Morgan fingerprint density at radius 1 is 1.50 bits per heavy atom. The van der Waals surface area contributed by atoms with Gasteiger partial charge in [-0.2, -0.15) is 0 Å². The molecule has 0 aromatic carbocycles. The summed E-state index contributed by atoms with van der Waals surface area (Å²) in [6, 6.07) is 1.07. The van der Waals surface area contributed by atoms with Crippen LogP contribution in [0.2, 0.25) is 6.04 Å². The van der Waals surface area contributed by atoms with Crippen LogP contribution in [-0.4, -0.2) is 52.9 Å². The van der Waals surface area contributed by atoms with Gasteiger partial charge in [0.2, 0.25) is 0 Å². The summed E-state index contributed by atoms with van der Waals surface area (Å²) in [5.41, 5.74) is 0. The lowest BCUT2D eigenvalue weighted by atomic mass is 10.5. The van der Waals surface area contributed by atoms with Crippen LogP contribution in [0.4, 0.5) is 0 Å². The molecule has 0 aromatic heterocycles. The van der Waals surface area contributed by atoms with Gasteiger partial charge in [-0.1, -0.05) is 6.58 Å².